The van der Waals surface area contributed by atoms with E-state index >= 15 is 0 Å². The van der Waals surface area contributed by atoms with Crippen molar-refractivity contribution in [1.82, 2.24) is 0 Å². The van der Waals surface area contributed by atoms with E-state index in [0.717, 1.165) is 0 Å². The third-order valence-electron chi connectivity index (χ3n) is 1.62. The third-order valence-corrected chi connectivity index (χ3v) is 1.62. The molecule has 5 nitrogen and oxygen atoms in total. The number of ether oxygens (including phenoxy) is 5. The van der Waals surface area contributed by atoms with Crippen molar-refractivity contribution in [2.75, 3.05) is 39.6 Å². The lowest BCUT2D eigenvalue weighted by Crippen LogP contribution is -2.08. The van der Waals surface area contributed by atoms with Crippen molar-refractivity contribution >= 4 is 0 Å². The zero-order valence-electron chi connectivity index (χ0n) is 10.7. The van der Waals surface area contributed by atoms with Crippen molar-refractivity contribution in [3.8, 4) is 0 Å². The molecule has 0 aliphatic heterocycles. The normalized spacial score (nSPS) is 9.76. The highest BCUT2D eigenvalue weighted by molar-refractivity contribution is 4.79. The lowest BCUT2D eigenvalue weighted by atomic mass is 10.7. The summed E-state index contributed by atoms with van der Waals surface area (Å²) in [6, 6.07) is 0. The van der Waals surface area contributed by atoms with Crippen LogP contribution in [0.1, 0.15) is 13.8 Å². The van der Waals surface area contributed by atoms with E-state index in [9.17, 15) is 0 Å². The van der Waals surface area contributed by atoms with E-state index in [4.69, 9.17) is 23.7 Å². The van der Waals surface area contributed by atoms with Gasteiger partial charge in [-0.15, -0.1) is 0 Å². The maximum absolute atomic E-state index is 5.13. The van der Waals surface area contributed by atoms with Gasteiger partial charge in [-0.05, 0) is 27.0 Å². The van der Waals surface area contributed by atoms with Gasteiger partial charge < -0.3 is 23.7 Å². The molecule has 17 heavy (non-hydrogen) atoms. The van der Waals surface area contributed by atoms with Crippen LogP contribution in [-0.2, 0) is 23.7 Å². The van der Waals surface area contributed by atoms with Gasteiger partial charge >= 0.3 is 0 Å². The standard InChI is InChI=1S/C12H22O5/c1-5-13-7-9-15-11(3)17-12(4)16-10-8-14-6-2/h3-10H2,1-2H3. The lowest BCUT2D eigenvalue weighted by Gasteiger charge is -2.12. The summed E-state index contributed by atoms with van der Waals surface area (Å²) in [5, 5.41) is 0. The SMILES string of the molecule is C=C(OCCOCC)OC(=C)OCCOCC. The fraction of sp³-hybridized carbons (Fsp3) is 0.667. The van der Waals surface area contributed by atoms with Gasteiger partial charge in [-0.1, -0.05) is 0 Å². The second-order valence-electron chi connectivity index (χ2n) is 2.94. The van der Waals surface area contributed by atoms with Crippen molar-refractivity contribution < 1.29 is 23.7 Å². The van der Waals surface area contributed by atoms with Gasteiger partial charge in [-0.3, -0.25) is 0 Å². The Bertz CT molecular complexity index is 193. The maximum atomic E-state index is 5.13. The van der Waals surface area contributed by atoms with Crippen LogP contribution < -0.4 is 0 Å². The summed E-state index contributed by atoms with van der Waals surface area (Å²) in [7, 11) is 0. The van der Waals surface area contributed by atoms with E-state index in [1.807, 2.05) is 13.8 Å². The van der Waals surface area contributed by atoms with Gasteiger partial charge in [-0.25, -0.2) is 0 Å². The van der Waals surface area contributed by atoms with Gasteiger partial charge in [0.25, 0.3) is 11.9 Å². The first-order valence-electron chi connectivity index (χ1n) is 5.67. The quantitative estimate of drug-likeness (QED) is 0.389. The average Bonchev–Trinajstić information content (AvgIpc) is 2.30. The van der Waals surface area contributed by atoms with E-state index in [1.165, 1.54) is 0 Å². The summed E-state index contributed by atoms with van der Waals surface area (Å²) in [5.74, 6) is 0.289. The van der Waals surface area contributed by atoms with Crippen molar-refractivity contribution in [3.63, 3.8) is 0 Å². The number of hydrogen-bond acceptors (Lipinski definition) is 5. The van der Waals surface area contributed by atoms with Crippen LogP contribution in [0.25, 0.3) is 0 Å². The monoisotopic (exact) mass is 246 g/mol. The van der Waals surface area contributed by atoms with Gasteiger partial charge in [-0.2, -0.15) is 0 Å². The topological polar surface area (TPSA) is 46.2 Å². The summed E-state index contributed by atoms with van der Waals surface area (Å²) in [6.45, 7) is 14.0. The van der Waals surface area contributed by atoms with Crippen LogP contribution in [0.15, 0.2) is 25.0 Å². The molecule has 0 atom stereocenters. The molecule has 0 aromatic heterocycles. The minimum Gasteiger partial charge on any atom is -0.463 e. The lowest BCUT2D eigenvalue weighted by molar-refractivity contribution is -0.0279. The predicted molar refractivity (Wildman–Crippen MR) is 64.3 cm³/mol. The smallest absolute Gasteiger partial charge is 0.279 e. The molecule has 0 amide bonds. The molecule has 0 heterocycles. The summed E-state index contributed by atoms with van der Waals surface area (Å²) in [6.07, 6.45) is 0. The van der Waals surface area contributed by atoms with E-state index in [1.54, 1.807) is 0 Å². The molecule has 0 spiro atoms. The van der Waals surface area contributed by atoms with Crippen molar-refractivity contribution in [3.05, 3.63) is 25.0 Å². The summed E-state index contributed by atoms with van der Waals surface area (Å²) >= 11 is 0. The molecule has 100 valence electrons. The van der Waals surface area contributed by atoms with Crippen LogP contribution in [0, 0.1) is 0 Å². The third kappa shape index (κ3) is 11.1. The van der Waals surface area contributed by atoms with Crippen molar-refractivity contribution in [2.45, 2.75) is 13.8 Å². The van der Waals surface area contributed by atoms with Gasteiger partial charge in [0.1, 0.15) is 13.2 Å². The Labute approximate surface area is 103 Å². The molecular formula is C12H22O5. The Morgan fingerprint density at radius 1 is 0.765 bits per heavy atom. The van der Waals surface area contributed by atoms with Crippen LogP contribution in [0.3, 0.4) is 0 Å². The molecule has 0 N–H and O–H groups in total. The molecule has 0 saturated heterocycles. The minimum absolute atomic E-state index is 0.145. The fourth-order valence-electron chi connectivity index (χ4n) is 0.903. The first-order valence-corrected chi connectivity index (χ1v) is 5.67. The highest BCUT2D eigenvalue weighted by Crippen LogP contribution is 2.05. The summed E-state index contributed by atoms with van der Waals surface area (Å²) in [4.78, 5) is 0. The molecular weight excluding hydrogens is 224 g/mol. The van der Waals surface area contributed by atoms with Crippen molar-refractivity contribution in [1.29, 1.82) is 0 Å². The van der Waals surface area contributed by atoms with Crippen LogP contribution >= 0.6 is 0 Å². The first-order chi connectivity index (χ1) is 8.20. The molecule has 0 bridgehead atoms. The number of hydrogen-bond donors (Lipinski definition) is 0. The molecule has 0 unspecified atom stereocenters. The van der Waals surface area contributed by atoms with E-state index in [2.05, 4.69) is 13.2 Å². The van der Waals surface area contributed by atoms with Crippen LogP contribution in [0.2, 0.25) is 0 Å². The van der Waals surface area contributed by atoms with Crippen LogP contribution in [-0.4, -0.2) is 39.6 Å². The van der Waals surface area contributed by atoms with E-state index in [-0.39, 0.29) is 11.9 Å². The van der Waals surface area contributed by atoms with E-state index < -0.39 is 0 Å². The molecule has 0 aromatic carbocycles. The predicted octanol–water partition coefficient (Wildman–Crippen LogP) is 2.05. The zero-order chi connectivity index (χ0) is 12.9. The summed E-state index contributed by atoms with van der Waals surface area (Å²) in [5.41, 5.74) is 0. The Morgan fingerprint density at radius 2 is 1.18 bits per heavy atom. The Hall–Kier alpha value is -1.20. The largest absolute Gasteiger partial charge is 0.463 e. The molecule has 0 fully saturated rings. The summed E-state index contributed by atoms with van der Waals surface area (Å²) < 4.78 is 25.5. The second-order valence-corrected chi connectivity index (χ2v) is 2.94. The van der Waals surface area contributed by atoms with Crippen molar-refractivity contribution in [2.24, 2.45) is 0 Å². The second kappa shape index (κ2) is 11.3. The minimum atomic E-state index is 0.145. The fourth-order valence-corrected chi connectivity index (χ4v) is 0.903. The van der Waals surface area contributed by atoms with Gasteiger partial charge in [0.05, 0.1) is 13.2 Å². The molecule has 0 radical (unpaired) electrons. The average molecular weight is 246 g/mol. The van der Waals surface area contributed by atoms with Gasteiger partial charge in [0.2, 0.25) is 0 Å². The van der Waals surface area contributed by atoms with Gasteiger partial charge in [0.15, 0.2) is 0 Å². The molecule has 5 heteroatoms. The van der Waals surface area contributed by atoms with Gasteiger partial charge in [0, 0.05) is 13.2 Å². The molecule has 0 saturated carbocycles. The Kier molecular flexibility index (Phi) is 10.5. The molecule has 0 aliphatic rings. The highest BCUT2D eigenvalue weighted by Gasteiger charge is 2.01. The Balaban J connectivity index is 3.42. The zero-order valence-corrected chi connectivity index (χ0v) is 10.7. The van der Waals surface area contributed by atoms with E-state index in [0.29, 0.717) is 39.6 Å². The Morgan fingerprint density at radius 3 is 1.53 bits per heavy atom. The molecule has 0 aliphatic carbocycles. The van der Waals surface area contributed by atoms with Crippen LogP contribution in [0.5, 0.6) is 0 Å². The highest BCUT2D eigenvalue weighted by atomic mass is 16.7. The first kappa shape index (κ1) is 15.8. The molecule has 0 aromatic rings. The number of rotatable bonds is 12. The maximum Gasteiger partial charge on any atom is 0.279 e. The molecule has 0 rings (SSSR count). The van der Waals surface area contributed by atoms with Crippen LogP contribution in [0.4, 0.5) is 0 Å².